The Balaban J connectivity index is 2.16. The third kappa shape index (κ3) is 7.14. The Labute approximate surface area is 121 Å². The molecule has 0 radical (unpaired) electrons. The standard InChI is InChI=1S/C16H26N2O2/c1-13(2)10-14(12-17)11-16(19)18-8-9-20-15-6-4-3-5-7-15/h3-7,13-14H,8-12,17H2,1-2H3,(H,18,19)/t14-/m0/s1. The summed E-state index contributed by atoms with van der Waals surface area (Å²) in [6, 6.07) is 9.58. The summed E-state index contributed by atoms with van der Waals surface area (Å²) in [5.74, 6) is 1.71. The van der Waals surface area contributed by atoms with Crippen LogP contribution in [0, 0.1) is 11.8 Å². The topological polar surface area (TPSA) is 64.4 Å². The number of benzene rings is 1. The van der Waals surface area contributed by atoms with Gasteiger partial charge < -0.3 is 15.8 Å². The highest BCUT2D eigenvalue weighted by molar-refractivity contribution is 5.76. The van der Waals surface area contributed by atoms with Crippen molar-refractivity contribution >= 4 is 5.91 Å². The van der Waals surface area contributed by atoms with E-state index in [0.717, 1.165) is 12.2 Å². The maximum atomic E-state index is 11.8. The lowest BCUT2D eigenvalue weighted by molar-refractivity contribution is -0.122. The molecule has 20 heavy (non-hydrogen) atoms. The number of ether oxygens (including phenoxy) is 1. The minimum atomic E-state index is 0.0535. The van der Waals surface area contributed by atoms with Crippen molar-refractivity contribution in [3.8, 4) is 5.75 Å². The Morgan fingerprint density at radius 2 is 2.00 bits per heavy atom. The van der Waals surface area contributed by atoms with Crippen molar-refractivity contribution in [2.75, 3.05) is 19.7 Å². The predicted molar refractivity (Wildman–Crippen MR) is 81.6 cm³/mol. The summed E-state index contributed by atoms with van der Waals surface area (Å²) in [5.41, 5.74) is 5.70. The first kappa shape index (κ1) is 16.5. The highest BCUT2D eigenvalue weighted by Crippen LogP contribution is 2.13. The SMILES string of the molecule is CC(C)C[C@H](CN)CC(=O)NCCOc1ccccc1. The molecule has 1 aromatic carbocycles. The number of amides is 1. The van der Waals surface area contributed by atoms with Crippen molar-refractivity contribution in [2.24, 2.45) is 17.6 Å². The molecule has 1 rings (SSSR count). The van der Waals surface area contributed by atoms with Crippen LogP contribution < -0.4 is 15.8 Å². The van der Waals surface area contributed by atoms with E-state index < -0.39 is 0 Å². The maximum absolute atomic E-state index is 11.8. The van der Waals surface area contributed by atoms with Gasteiger partial charge in [0.2, 0.25) is 5.91 Å². The second-order valence-electron chi connectivity index (χ2n) is 5.45. The van der Waals surface area contributed by atoms with Gasteiger partial charge in [-0.2, -0.15) is 0 Å². The molecule has 0 aliphatic carbocycles. The van der Waals surface area contributed by atoms with Crippen molar-refractivity contribution in [2.45, 2.75) is 26.7 Å². The molecule has 0 saturated carbocycles. The first-order chi connectivity index (χ1) is 9.61. The highest BCUT2D eigenvalue weighted by Gasteiger charge is 2.13. The molecular weight excluding hydrogens is 252 g/mol. The van der Waals surface area contributed by atoms with Crippen LogP contribution >= 0.6 is 0 Å². The van der Waals surface area contributed by atoms with Gasteiger partial charge in [-0.3, -0.25) is 4.79 Å². The van der Waals surface area contributed by atoms with Crippen molar-refractivity contribution in [3.05, 3.63) is 30.3 Å². The van der Waals surface area contributed by atoms with Crippen molar-refractivity contribution in [1.82, 2.24) is 5.32 Å². The molecule has 0 unspecified atom stereocenters. The van der Waals surface area contributed by atoms with Crippen LogP contribution in [0.5, 0.6) is 5.75 Å². The zero-order valence-corrected chi connectivity index (χ0v) is 12.5. The van der Waals surface area contributed by atoms with Gasteiger partial charge in [0.25, 0.3) is 0 Å². The van der Waals surface area contributed by atoms with E-state index in [1.165, 1.54) is 0 Å². The molecule has 0 saturated heterocycles. The van der Waals surface area contributed by atoms with Gasteiger partial charge >= 0.3 is 0 Å². The summed E-state index contributed by atoms with van der Waals surface area (Å²) in [4.78, 5) is 11.8. The van der Waals surface area contributed by atoms with Gasteiger partial charge in [0.05, 0.1) is 6.54 Å². The van der Waals surface area contributed by atoms with E-state index in [2.05, 4.69) is 19.2 Å². The summed E-state index contributed by atoms with van der Waals surface area (Å²) < 4.78 is 5.51. The summed E-state index contributed by atoms with van der Waals surface area (Å²) in [5, 5.41) is 2.87. The minimum Gasteiger partial charge on any atom is -0.492 e. The van der Waals surface area contributed by atoms with Crippen LogP contribution in [-0.2, 0) is 4.79 Å². The third-order valence-electron chi connectivity index (χ3n) is 3.05. The molecule has 0 spiro atoms. The quantitative estimate of drug-likeness (QED) is 0.681. The molecule has 1 amide bonds. The zero-order chi connectivity index (χ0) is 14.8. The highest BCUT2D eigenvalue weighted by atomic mass is 16.5. The Kier molecular flexibility index (Phi) is 7.73. The van der Waals surface area contributed by atoms with Crippen LogP contribution in [-0.4, -0.2) is 25.6 Å². The van der Waals surface area contributed by atoms with Gasteiger partial charge in [-0.05, 0) is 36.9 Å². The van der Waals surface area contributed by atoms with Crippen LogP contribution in [0.2, 0.25) is 0 Å². The smallest absolute Gasteiger partial charge is 0.220 e. The lowest BCUT2D eigenvalue weighted by Crippen LogP contribution is -2.31. The number of carbonyl (C=O) groups is 1. The van der Waals surface area contributed by atoms with E-state index in [1.807, 2.05) is 30.3 Å². The molecule has 0 bridgehead atoms. The number of rotatable bonds is 9. The Hall–Kier alpha value is -1.55. The molecule has 0 aliphatic heterocycles. The maximum Gasteiger partial charge on any atom is 0.220 e. The van der Waals surface area contributed by atoms with Gasteiger partial charge in [0.15, 0.2) is 0 Å². The molecule has 1 atom stereocenters. The molecule has 1 aromatic rings. The van der Waals surface area contributed by atoms with Gasteiger partial charge in [-0.25, -0.2) is 0 Å². The Morgan fingerprint density at radius 1 is 1.30 bits per heavy atom. The molecule has 0 fully saturated rings. The molecule has 3 N–H and O–H groups in total. The van der Waals surface area contributed by atoms with E-state index in [9.17, 15) is 4.79 Å². The van der Waals surface area contributed by atoms with Crippen molar-refractivity contribution in [3.63, 3.8) is 0 Å². The van der Waals surface area contributed by atoms with Gasteiger partial charge in [0, 0.05) is 6.42 Å². The second kappa shape index (κ2) is 9.37. The summed E-state index contributed by atoms with van der Waals surface area (Å²) in [6.45, 7) is 5.86. The third-order valence-corrected chi connectivity index (χ3v) is 3.05. The summed E-state index contributed by atoms with van der Waals surface area (Å²) >= 11 is 0. The summed E-state index contributed by atoms with van der Waals surface area (Å²) in [6.07, 6.45) is 1.49. The van der Waals surface area contributed by atoms with E-state index in [4.69, 9.17) is 10.5 Å². The number of para-hydroxylation sites is 1. The number of nitrogens with one attached hydrogen (secondary N) is 1. The fourth-order valence-electron chi connectivity index (χ4n) is 2.14. The minimum absolute atomic E-state index is 0.0535. The average molecular weight is 278 g/mol. The average Bonchev–Trinajstić information content (AvgIpc) is 2.43. The van der Waals surface area contributed by atoms with Crippen LogP contribution in [0.1, 0.15) is 26.7 Å². The normalized spacial score (nSPS) is 12.2. The van der Waals surface area contributed by atoms with Crippen molar-refractivity contribution < 1.29 is 9.53 Å². The first-order valence-electron chi connectivity index (χ1n) is 7.26. The van der Waals surface area contributed by atoms with Crippen LogP contribution in [0.4, 0.5) is 0 Å². The van der Waals surface area contributed by atoms with E-state index in [-0.39, 0.29) is 11.8 Å². The summed E-state index contributed by atoms with van der Waals surface area (Å²) in [7, 11) is 0. The molecule has 0 aliphatic rings. The molecule has 0 aromatic heterocycles. The lowest BCUT2D eigenvalue weighted by Gasteiger charge is -2.16. The molecule has 112 valence electrons. The van der Waals surface area contributed by atoms with Gasteiger partial charge in [-0.15, -0.1) is 0 Å². The van der Waals surface area contributed by atoms with Crippen LogP contribution in [0.25, 0.3) is 0 Å². The van der Waals surface area contributed by atoms with Crippen molar-refractivity contribution in [1.29, 1.82) is 0 Å². The number of hydrogen-bond donors (Lipinski definition) is 2. The Morgan fingerprint density at radius 3 is 2.60 bits per heavy atom. The van der Waals surface area contributed by atoms with Crippen LogP contribution in [0.15, 0.2) is 30.3 Å². The van der Waals surface area contributed by atoms with Crippen LogP contribution in [0.3, 0.4) is 0 Å². The second-order valence-corrected chi connectivity index (χ2v) is 5.45. The largest absolute Gasteiger partial charge is 0.492 e. The number of carbonyl (C=O) groups excluding carboxylic acids is 1. The number of hydrogen-bond acceptors (Lipinski definition) is 3. The van der Waals surface area contributed by atoms with E-state index >= 15 is 0 Å². The van der Waals surface area contributed by atoms with Gasteiger partial charge in [-0.1, -0.05) is 32.0 Å². The lowest BCUT2D eigenvalue weighted by atomic mass is 9.94. The molecule has 4 heteroatoms. The van der Waals surface area contributed by atoms with E-state index in [0.29, 0.717) is 32.0 Å². The molecule has 4 nitrogen and oxygen atoms in total. The molecule has 0 heterocycles. The van der Waals surface area contributed by atoms with Gasteiger partial charge in [0.1, 0.15) is 12.4 Å². The molecular formula is C16H26N2O2. The monoisotopic (exact) mass is 278 g/mol. The fourth-order valence-corrected chi connectivity index (χ4v) is 2.14. The Bertz CT molecular complexity index is 379. The van der Waals surface area contributed by atoms with E-state index in [1.54, 1.807) is 0 Å². The fraction of sp³-hybridized carbons (Fsp3) is 0.562. The zero-order valence-electron chi connectivity index (χ0n) is 12.5. The predicted octanol–water partition coefficient (Wildman–Crippen LogP) is 2.19. The first-order valence-corrected chi connectivity index (χ1v) is 7.26. The number of nitrogens with two attached hydrogens (primary N) is 1.